The van der Waals surface area contributed by atoms with Crippen LogP contribution >= 0.6 is 11.6 Å². The Morgan fingerprint density at radius 1 is 0.978 bits per heavy atom. The van der Waals surface area contributed by atoms with Gasteiger partial charge in [-0.25, -0.2) is 9.59 Å². The molecule has 6 rings (SSSR count). The third-order valence-corrected chi connectivity index (χ3v) is 9.80. The molecule has 11 heteroatoms. The van der Waals surface area contributed by atoms with E-state index in [9.17, 15) is 24.3 Å². The number of aliphatic carboxylic acids is 1. The molecule has 2 aliphatic heterocycles. The van der Waals surface area contributed by atoms with E-state index in [-0.39, 0.29) is 31.4 Å². The van der Waals surface area contributed by atoms with E-state index in [2.05, 4.69) is 10.6 Å². The molecular weight excluding hydrogens is 610 g/mol. The molecule has 0 aromatic heterocycles. The van der Waals surface area contributed by atoms with Crippen molar-refractivity contribution < 1.29 is 33.8 Å². The minimum absolute atomic E-state index is 0.114. The highest BCUT2D eigenvalue weighted by Gasteiger charge is 2.61. The number of carbonyl (C=O) groups is 4. The maximum absolute atomic E-state index is 14.3. The number of allylic oxidation sites excluding steroid dienone is 1. The Bertz CT molecular complexity index is 1520. The van der Waals surface area contributed by atoms with Gasteiger partial charge in [0.2, 0.25) is 11.8 Å². The van der Waals surface area contributed by atoms with Crippen LogP contribution in [0.4, 0.5) is 4.79 Å². The lowest BCUT2D eigenvalue weighted by atomic mass is 9.91. The first-order chi connectivity index (χ1) is 22.2. The second-order valence-electron chi connectivity index (χ2n) is 12.8. The molecule has 10 nitrogen and oxygen atoms in total. The van der Waals surface area contributed by atoms with Crippen molar-refractivity contribution in [3.8, 4) is 11.5 Å². The molecule has 2 saturated carbocycles. The highest BCUT2D eigenvalue weighted by molar-refractivity contribution is 6.30. The van der Waals surface area contributed by atoms with Crippen LogP contribution in [-0.2, 0) is 32.1 Å². The van der Waals surface area contributed by atoms with Gasteiger partial charge in [0.15, 0.2) is 0 Å². The second-order valence-corrected chi connectivity index (χ2v) is 13.3. The summed E-state index contributed by atoms with van der Waals surface area (Å²) < 4.78 is 11.7. The maximum Gasteiger partial charge on any atom is 0.408 e. The van der Waals surface area contributed by atoms with Crippen LogP contribution in [0.15, 0.2) is 54.6 Å². The summed E-state index contributed by atoms with van der Waals surface area (Å²) in [6.07, 6.45) is 10.7. The summed E-state index contributed by atoms with van der Waals surface area (Å²) in [6, 6.07) is 10.6. The van der Waals surface area contributed by atoms with E-state index >= 15 is 0 Å². The largest absolute Gasteiger partial charge is 0.479 e. The van der Waals surface area contributed by atoms with Crippen molar-refractivity contribution in [2.24, 2.45) is 5.92 Å². The van der Waals surface area contributed by atoms with Crippen LogP contribution in [0, 0.1) is 5.92 Å². The molecule has 0 radical (unpaired) electrons. The number of benzene rings is 2. The van der Waals surface area contributed by atoms with E-state index in [4.69, 9.17) is 21.1 Å². The summed E-state index contributed by atoms with van der Waals surface area (Å²) in [7, 11) is 0. The quantitative estimate of drug-likeness (QED) is 0.343. The van der Waals surface area contributed by atoms with Crippen LogP contribution in [0.1, 0.15) is 75.3 Å². The third-order valence-electron chi connectivity index (χ3n) is 9.57. The van der Waals surface area contributed by atoms with Gasteiger partial charge in [0, 0.05) is 23.9 Å². The molecule has 0 bridgehead atoms. The highest BCUT2D eigenvalue weighted by Crippen LogP contribution is 2.45. The van der Waals surface area contributed by atoms with Crippen molar-refractivity contribution in [3.05, 3.63) is 70.8 Å². The average molecular weight is 650 g/mol. The molecule has 0 saturated heterocycles. The Kier molecular flexibility index (Phi) is 9.54. The number of fused-ring (bicyclic) bond motifs is 3. The molecule has 3 N–H and O–H groups in total. The molecule has 3 amide bonds. The zero-order chi connectivity index (χ0) is 32.3. The summed E-state index contributed by atoms with van der Waals surface area (Å²) in [6.45, 7) is 0.114. The molecule has 244 valence electrons. The molecule has 4 aliphatic rings. The van der Waals surface area contributed by atoms with Crippen LogP contribution in [-0.4, -0.2) is 57.6 Å². The normalized spacial score (nSPS) is 27.5. The van der Waals surface area contributed by atoms with Gasteiger partial charge in [-0.1, -0.05) is 48.7 Å². The molecule has 2 fully saturated rings. The fourth-order valence-corrected chi connectivity index (χ4v) is 7.04. The Morgan fingerprint density at radius 2 is 1.76 bits per heavy atom. The predicted molar refractivity (Wildman–Crippen MR) is 171 cm³/mol. The summed E-state index contributed by atoms with van der Waals surface area (Å²) in [4.78, 5) is 55.2. The molecular formula is C35H40ClN3O7. The van der Waals surface area contributed by atoms with Crippen molar-refractivity contribution in [2.45, 2.75) is 101 Å². The number of ether oxygens (including phenoxy) is 2. The van der Waals surface area contributed by atoms with E-state index < -0.39 is 41.5 Å². The van der Waals surface area contributed by atoms with Gasteiger partial charge < -0.3 is 30.1 Å². The van der Waals surface area contributed by atoms with E-state index in [1.54, 1.807) is 30.3 Å². The lowest BCUT2D eigenvalue weighted by Gasteiger charge is -2.38. The highest BCUT2D eigenvalue weighted by atomic mass is 35.5. The van der Waals surface area contributed by atoms with Crippen LogP contribution < -0.4 is 15.4 Å². The lowest BCUT2D eigenvalue weighted by Crippen LogP contribution is -2.60. The van der Waals surface area contributed by atoms with E-state index in [0.717, 1.165) is 56.1 Å². The standard InChI is InChI=1S/C35H40ClN3O7/c36-25-10-8-13-27(19-25)45-28-16-15-22-21-39-30(18-23(22)17-28)31(40)38-35(33(42)43)20-24(35)9-4-2-1-3-5-14-29(32(39)41)37-34(44)46-26-11-6-7-12-26/h4,8-10,13,15-17,19,24,26,29-30H,1-3,5-7,11-12,14,18,20-21H2,(H,37,44)(H,38,40)(H,42,43)/b9-4-/t24-,29+,30?,35-/m1/s1. The smallest absolute Gasteiger partial charge is 0.408 e. The molecule has 2 heterocycles. The Hall–Kier alpha value is -4.05. The number of carboxylic acid groups (broad SMARTS) is 1. The van der Waals surface area contributed by atoms with Crippen molar-refractivity contribution in [1.29, 1.82) is 0 Å². The zero-order valence-electron chi connectivity index (χ0n) is 25.7. The Balaban J connectivity index is 1.29. The van der Waals surface area contributed by atoms with Gasteiger partial charge in [0.1, 0.15) is 35.2 Å². The van der Waals surface area contributed by atoms with Crippen LogP contribution in [0.3, 0.4) is 0 Å². The Labute approximate surface area is 273 Å². The van der Waals surface area contributed by atoms with Crippen LogP contribution in [0.25, 0.3) is 0 Å². The average Bonchev–Trinajstić information content (AvgIpc) is 3.48. The van der Waals surface area contributed by atoms with Crippen molar-refractivity contribution in [1.82, 2.24) is 15.5 Å². The van der Waals surface area contributed by atoms with Gasteiger partial charge in [-0.2, -0.15) is 0 Å². The molecule has 2 aromatic carbocycles. The molecule has 2 aliphatic carbocycles. The number of carbonyl (C=O) groups excluding carboxylic acids is 3. The first kappa shape index (κ1) is 31.9. The molecule has 46 heavy (non-hydrogen) atoms. The van der Waals surface area contributed by atoms with E-state index in [0.29, 0.717) is 29.4 Å². The number of nitrogens with one attached hydrogen (secondary N) is 2. The number of rotatable bonds is 5. The number of nitrogens with zero attached hydrogens (tertiary/aromatic N) is 1. The van der Waals surface area contributed by atoms with Crippen LogP contribution in [0.2, 0.25) is 5.02 Å². The van der Waals surface area contributed by atoms with E-state index in [1.807, 2.05) is 24.3 Å². The minimum Gasteiger partial charge on any atom is -0.479 e. The summed E-state index contributed by atoms with van der Waals surface area (Å²) in [5.74, 6) is -1.25. The number of carboxylic acids is 1. The third kappa shape index (κ3) is 7.17. The van der Waals surface area contributed by atoms with Crippen molar-refractivity contribution in [3.63, 3.8) is 0 Å². The van der Waals surface area contributed by atoms with Gasteiger partial charge in [-0.05, 0) is 92.8 Å². The molecule has 4 atom stereocenters. The minimum atomic E-state index is -1.41. The fourth-order valence-electron chi connectivity index (χ4n) is 6.86. The topological polar surface area (TPSA) is 134 Å². The summed E-state index contributed by atoms with van der Waals surface area (Å²) in [5.41, 5.74) is 0.230. The van der Waals surface area contributed by atoms with Crippen molar-refractivity contribution in [2.75, 3.05) is 0 Å². The first-order valence-electron chi connectivity index (χ1n) is 16.3. The van der Waals surface area contributed by atoms with Gasteiger partial charge in [-0.3, -0.25) is 9.59 Å². The van der Waals surface area contributed by atoms with Crippen LogP contribution in [0.5, 0.6) is 11.5 Å². The van der Waals surface area contributed by atoms with Gasteiger partial charge >= 0.3 is 12.1 Å². The number of hydrogen-bond acceptors (Lipinski definition) is 6. The second kappa shape index (κ2) is 13.7. The Morgan fingerprint density at radius 3 is 2.54 bits per heavy atom. The molecule has 2 aromatic rings. The van der Waals surface area contributed by atoms with E-state index in [1.165, 1.54) is 4.90 Å². The zero-order valence-corrected chi connectivity index (χ0v) is 26.5. The maximum atomic E-state index is 14.3. The SMILES string of the molecule is O=C(N[C@H]1CCCCC/C=C\[C@@H]2C[C@@]2(C(=O)O)NC(=O)C2Cc3cc(Oc4cccc(Cl)c4)ccc3CN2C1=O)OC1CCCC1. The first-order valence-corrected chi connectivity index (χ1v) is 16.6. The summed E-state index contributed by atoms with van der Waals surface area (Å²) >= 11 is 6.13. The van der Waals surface area contributed by atoms with Crippen molar-refractivity contribution >= 4 is 35.5 Å². The molecule has 1 unspecified atom stereocenters. The number of alkyl carbamates (subject to hydrolysis) is 1. The lowest BCUT2D eigenvalue weighted by molar-refractivity contribution is -0.147. The van der Waals surface area contributed by atoms with Gasteiger partial charge in [-0.15, -0.1) is 0 Å². The fraction of sp³-hybridized carbons (Fsp3) is 0.486. The molecule has 0 spiro atoms. The number of halogens is 1. The predicted octanol–water partition coefficient (Wildman–Crippen LogP) is 5.90. The van der Waals surface area contributed by atoms with Gasteiger partial charge in [0.25, 0.3) is 0 Å². The number of hydrogen-bond donors (Lipinski definition) is 3. The number of amides is 3. The monoisotopic (exact) mass is 649 g/mol. The summed E-state index contributed by atoms with van der Waals surface area (Å²) in [5, 5.41) is 16.3. The van der Waals surface area contributed by atoms with Gasteiger partial charge in [0.05, 0.1) is 0 Å².